The highest BCUT2D eigenvalue weighted by Gasteiger charge is 2.52. The van der Waals surface area contributed by atoms with Crippen molar-refractivity contribution in [3.8, 4) is 0 Å². The summed E-state index contributed by atoms with van der Waals surface area (Å²) >= 11 is 0. The van der Waals surface area contributed by atoms with Gasteiger partial charge >= 0.3 is 5.97 Å². The maximum atomic E-state index is 11.8. The summed E-state index contributed by atoms with van der Waals surface area (Å²) in [6.07, 6.45) is 3.33. The molecule has 0 saturated heterocycles. The Morgan fingerprint density at radius 3 is 2.65 bits per heavy atom. The second-order valence-corrected chi connectivity index (χ2v) is 4.42. The molecule has 0 amide bonds. The monoisotopic (exact) mass is 236 g/mol. The molecule has 0 unspecified atom stereocenters. The molecule has 0 aliphatic heterocycles. The van der Waals surface area contributed by atoms with E-state index in [0.717, 1.165) is 12.8 Å². The average molecular weight is 236 g/mol. The molecule has 5 nitrogen and oxygen atoms in total. The summed E-state index contributed by atoms with van der Waals surface area (Å²) < 4.78 is 6.52. The van der Waals surface area contributed by atoms with Crippen LogP contribution in [0.15, 0.2) is 6.20 Å². The highest BCUT2D eigenvalue weighted by Crippen LogP contribution is 2.50. The Balaban J connectivity index is 2.41. The fraction of sp³-hybridized carbons (Fsp3) is 0.583. The van der Waals surface area contributed by atoms with E-state index >= 15 is 0 Å². The molecule has 0 N–H and O–H groups in total. The number of aromatic nitrogens is 2. The molecule has 1 aromatic heterocycles. The van der Waals surface area contributed by atoms with Gasteiger partial charge in [-0.3, -0.25) is 9.48 Å². The lowest BCUT2D eigenvalue weighted by atomic mass is 9.92. The Morgan fingerprint density at radius 1 is 1.53 bits per heavy atom. The lowest BCUT2D eigenvalue weighted by Crippen LogP contribution is -2.20. The summed E-state index contributed by atoms with van der Waals surface area (Å²) in [4.78, 5) is 23.4. The molecule has 1 aliphatic carbocycles. The summed E-state index contributed by atoms with van der Waals surface area (Å²) in [7, 11) is 1.74. The first-order valence-corrected chi connectivity index (χ1v) is 5.73. The number of esters is 1. The third-order valence-electron chi connectivity index (χ3n) is 3.24. The number of Topliss-reactive ketones (excluding diaryl/α,β-unsaturated/α-hetero) is 1. The number of carbonyl (C=O) groups excluding carboxylic acids is 2. The zero-order valence-electron chi connectivity index (χ0n) is 10.3. The number of hydrogen-bond donors (Lipinski definition) is 0. The van der Waals surface area contributed by atoms with Gasteiger partial charge in [-0.25, -0.2) is 4.79 Å². The van der Waals surface area contributed by atoms with E-state index in [-0.39, 0.29) is 11.5 Å². The normalized spacial score (nSPS) is 16.6. The van der Waals surface area contributed by atoms with Crippen molar-refractivity contribution in [2.75, 3.05) is 6.61 Å². The molecule has 1 fully saturated rings. The number of ketones is 1. The molecular weight excluding hydrogens is 220 g/mol. The SMILES string of the molecule is CCOC(=O)c1nn(C)cc1C1(C(C)=O)CC1. The molecule has 0 radical (unpaired) electrons. The maximum Gasteiger partial charge on any atom is 0.359 e. The van der Waals surface area contributed by atoms with E-state index in [1.54, 1.807) is 31.8 Å². The van der Waals surface area contributed by atoms with Gasteiger partial charge < -0.3 is 4.74 Å². The second-order valence-electron chi connectivity index (χ2n) is 4.42. The van der Waals surface area contributed by atoms with Crippen molar-refractivity contribution in [2.45, 2.75) is 32.1 Å². The van der Waals surface area contributed by atoms with E-state index in [4.69, 9.17) is 4.74 Å². The number of ether oxygens (including phenoxy) is 1. The Bertz CT molecular complexity index is 472. The van der Waals surface area contributed by atoms with Crippen LogP contribution in [0.1, 0.15) is 42.7 Å². The van der Waals surface area contributed by atoms with Gasteiger partial charge in [0, 0.05) is 18.8 Å². The molecule has 92 valence electrons. The highest BCUT2D eigenvalue weighted by molar-refractivity contribution is 5.96. The number of aryl methyl sites for hydroxylation is 1. The lowest BCUT2D eigenvalue weighted by Gasteiger charge is -2.10. The zero-order chi connectivity index (χ0) is 12.6. The second kappa shape index (κ2) is 3.98. The van der Waals surface area contributed by atoms with Crippen LogP contribution in [0.3, 0.4) is 0 Å². The van der Waals surface area contributed by atoms with Gasteiger partial charge in [0.05, 0.1) is 12.0 Å². The van der Waals surface area contributed by atoms with Crippen LogP contribution < -0.4 is 0 Å². The van der Waals surface area contributed by atoms with Crippen molar-refractivity contribution in [3.63, 3.8) is 0 Å². The van der Waals surface area contributed by atoms with Crippen molar-refractivity contribution in [3.05, 3.63) is 17.5 Å². The Labute approximate surface area is 99.8 Å². The van der Waals surface area contributed by atoms with E-state index in [0.29, 0.717) is 12.2 Å². The maximum absolute atomic E-state index is 11.8. The largest absolute Gasteiger partial charge is 0.461 e. The van der Waals surface area contributed by atoms with Crippen LogP contribution in [0.25, 0.3) is 0 Å². The number of nitrogens with zero attached hydrogens (tertiary/aromatic N) is 2. The zero-order valence-corrected chi connectivity index (χ0v) is 10.3. The van der Waals surface area contributed by atoms with Gasteiger partial charge in [0.1, 0.15) is 5.78 Å². The van der Waals surface area contributed by atoms with Crippen LogP contribution in [-0.4, -0.2) is 28.1 Å². The minimum absolute atomic E-state index is 0.0936. The molecule has 0 spiro atoms. The summed E-state index contributed by atoms with van der Waals surface area (Å²) in [6, 6.07) is 0. The van der Waals surface area contributed by atoms with Gasteiger partial charge in [0.15, 0.2) is 5.69 Å². The number of hydrogen-bond acceptors (Lipinski definition) is 4. The first-order valence-electron chi connectivity index (χ1n) is 5.73. The third-order valence-corrected chi connectivity index (χ3v) is 3.24. The van der Waals surface area contributed by atoms with Crippen LogP contribution in [0.5, 0.6) is 0 Å². The first-order chi connectivity index (χ1) is 8.01. The average Bonchev–Trinajstić information content (AvgIpc) is 2.98. The molecule has 0 bridgehead atoms. The predicted octanol–water partition coefficient (Wildman–Crippen LogP) is 1.22. The molecule has 0 atom stereocenters. The first kappa shape index (κ1) is 11.8. The van der Waals surface area contributed by atoms with Gasteiger partial charge in [-0.1, -0.05) is 0 Å². The van der Waals surface area contributed by atoms with Crippen LogP contribution >= 0.6 is 0 Å². The number of rotatable bonds is 4. The van der Waals surface area contributed by atoms with Gasteiger partial charge in [-0.05, 0) is 26.7 Å². The minimum Gasteiger partial charge on any atom is -0.461 e. The molecule has 1 aliphatic rings. The van der Waals surface area contributed by atoms with Crippen LogP contribution in [0.2, 0.25) is 0 Å². The summed E-state index contributed by atoms with van der Waals surface area (Å²) in [5, 5.41) is 4.11. The van der Waals surface area contributed by atoms with E-state index in [9.17, 15) is 9.59 Å². The molecule has 0 aromatic carbocycles. The van der Waals surface area contributed by atoms with Crippen molar-refractivity contribution in [1.82, 2.24) is 9.78 Å². The Hall–Kier alpha value is -1.65. The van der Waals surface area contributed by atoms with Crippen LogP contribution in [-0.2, 0) is 22.0 Å². The molecular formula is C12H16N2O3. The lowest BCUT2D eigenvalue weighted by molar-refractivity contribution is -0.119. The van der Waals surface area contributed by atoms with Crippen molar-refractivity contribution >= 4 is 11.8 Å². The topological polar surface area (TPSA) is 61.2 Å². The van der Waals surface area contributed by atoms with Gasteiger partial charge in [-0.2, -0.15) is 5.10 Å². The smallest absolute Gasteiger partial charge is 0.359 e. The van der Waals surface area contributed by atoms with Crippen molar-refractivity contribution < 1.29 is 14.3 Å². The minimum atomic E-state index is -0.490. The molecule has 1 aromatic rings. The van der Waals surface area contributed by atoms with Crippen LogP contribution in [0.4, 0.5) is 0 Å². The quantitative estimate of drug-likeness (QED) is 0.737. The van der Waals surface area contributed by atoms with Crippen molar-refractivity contribution in [2.24, 2.45) is 7.05 Å². The summed E-state index contributed by atoms with van der Waals surface area (Å²) in [5.74, 6) is -0.355. The number of carbonyl (C=O) groups is 2. The third kappa shape index (κ3) is 1.85. The Morgan fingerprint density at radius 2 is 2.18 bits per heavy atom. The Kier molecular flexibility index (Phi) is 2.77. The van der Waals surface area contributed by atoms with Gasteiger partial charge in [0.2, 0.25) is 0 Å². The van der Waals surface area contributed by atoms with E-state index in [1.165, 1.54) is 0 Å². The van der Waals surface area contributed by atoms with E-state index in [2.05, 4.69) is 5.10 Å². The van der Waals surface area contributed by atoms with Crippen LogP contribution in [0, 0.1) is 0 Å². The predicted molar refractivity (Wildman–Crippen MR) is 60.8 cm³/mol. The summed E-state index contributed by atoms with van der Waals surface area (Å²) in [5.41, 5.74) is 0.504. The fourth-order valence-electron chi connectivity index (χ4n) is 2.12. The molecule has 2 rings (SSSR count). The fourth-order valence-corrected chi connectivity index (χ4v) is 2.12. The van der Waals surface area contributed by atoms with Gasteiger partial charge in [-0.15, -0.1) is 0 Å². The molecule has 17 heavy (non-hydrogen) atoms. The van der Waals surface area contributed by atoms with Gasteiger partial charge in [0.25, 0.3) is 0 Å². The van der Waals surface area contributed by atoms with Crippen molar-refractivity contribution in [1.29, 1.82) is 0 Å². The standard InChI is InChI=1S/C12H16N2O3/c1-4-17-11(16)10-9(7-14(3)13-10)12(5-6-12)8(2)15/h7H,4-6H2,1-3H3. The molecule has 1 heterocycles. The van der Waals surface area contributed by atoms with E-state index in [1.807, 2.05) is 0 Å². The molecule has 1 saturated carbocycles. The molecule has 5 heteroatoms. The summed E-state index contributed by atoms with van der Waals surface area (Å²) in [6.45, 7) is 3.62. The van der Waals surface area contributed by atoms with E-state index < -0.39 is 11.4 Å². The highest BCUT2D eigenvalue weighted by atomic mass is 16.5.